The number of aryl methyl sites for hydroxylation is 1. The molecule has 1 aliphatic rings. The Morgan fingerprint density at radius 2 is 2.12 bits per heavy atom. The number of benzene rings is 1. The summed E-state index contributed by atoms with van der Waals surface area (Å²) in [6.07, 6.45) is 3.97. The van der Waals surface area contributed by atoms with Gasteiger partial charge in [-0.05, 0) is 55.8 Å². The molecule has 0 amide bonds. The van der Waals surface area contributed by atoms with E-state index < -0.39 is 0 Å². The van der Waals surface area contributed by atoms with Gasteiger partial charge in [0.2, 0.25) is 0 Å². The molecule has 0 saturated carbocycles. The van der Waals surface area contributed by atoms with Gasteiger partial charge in [0.15, 0.2) is 0 Å². The molecule has 1 N–H and O–H groups in total. The van der Waals surface area contributed by atoms with E-state index in [2.05, 4.69) is 44.3 Å². The summed E-state index contributed by atoms with van der Waals surface area (Å²) < 4.78 is 0. The minimum atomic E-state index is 0.582. The SMILES string of the molecule is CCC1CCNC(c2cccc(C)c2C)C1. The number of hydrogen-bond donors (Lipinski definition) is 1. The van der Waals surface area contributed by atoms with Crippen molar-refractivity contribution in [2.75, 3.05) is 6.54 Å². The van der Waals surface area contributed by atoms with Crippen LogP contribution in [0.15, 0.2) is 18.2 Å². The lowest BCUT2D eigenvalue weighted by molar-refractivity contribution is 0.298. The summed E-state index contributed by atoms with van der Waals surface area (Å²) in [6.45, 7) is 7.95. The van der Waals surface area contributed by atoms with E-state index in [0.29, 0.717) is 6.04 Å². The molecule has 1 aliphatic heterocycles. The summed E-state index contributed by atoms with van der Waals surface area (Å²) in [5, 5.41) is 3.67. The molecular weight excluding hydrogens is 194 g/mol. The van der Waals surface area contributed by atoms with Crippen LogP contribution in [0.4, 0.5) is 0 Å². The summed E-state index contributed by atoms with van der Waals surface area (Å²) in [5.74, 6) is 0.908. The average molecular weight is 217 g/mol. The predicted octanol–water partition coefficient (Wildman–Crippen LogP) is 3.75. The van der Waals surface area contributed by atoms with Gasteiger partial charge in [0.1, 0.15) is 0 Å². The minimum Gasteiger partial charge on any atom is -0.310 e. The van der Waals surface area contributed by atoms with E-state index in [4.69, 9.17) is 0 Å². The largest absolute Gasteiger partial charge is 0.310 e. The van der Waals surface area contributed by atoms with Gasteiger partial charge in [-0.1, -0.05) is 31.5 Å². The Labute approximate surface area is 99.3 Å². The fourth-order valence-corrected chi connectivity index (χ4v) is 2.76. The molecule has 16 heavy (non-hydrogen) atoms. The summed E-state index contributed by atoms with van der Waals surface area (Å²) >= 11 is 0. The highest BCUT2D eigenvalue weighted by atomic mass is 14.9. The molecule has 0 radical (unpaired) electrons. The Hall–Kier alpha value is -0.820. The van der Waals surface area contributed by atoms with Crippen LogP contribution in [0.25, 0.3) is 0 Å². The predicted molar refractivity (Wildman–Crippen MR) is 69.7 cm³/mol. The van der Waals surface area contributed by atoms with Crippen molar-refractivity contribution < 1.29 is 0 Å². The third kappa shape index (κ3) is 2.30. The first-order valence-corrected chi connectivity index (χ1v) is 6.52. The maximum Gasteiger partial charge on any atom is 0.0325 e. The van der Waals surface area contributed by atoms with Crippen molar-refractivity contribution in [1.29, 1.82) is 0 Å². The topological polar surface area (TPSA) is 12.0 Å². The number of rotatable bonds is 2. The normalized spacial score (nSPS) is 25.7. The quantitative estimate of drug-likeness (QED) is 0.795. The molecular formula is C15H23N. The van der Waals surface area contributed by atoms with E-state index in [1.165, 1.54) is 42.5 Å². The molecule has 1 aromatic carbocycles. The molecule has 1 heterocycles. The first-order valence-electron chi connectivity index (χ1n) is 6.52. The van der Waals surface area contributed by atoms with Crippen molar-refractivity contribution in [3.05, 3.63) is 34.9 Å². The van der Waals surface area contributed by atoms with Gasteiger partial charge in [-0.15, -0.1) is 0 Å². The van der Waals surface area contributed by atoms with Crippen molar-refractivity contribution in [3.63, 3.8) is 0 Å². The highest BCUT2D eigenvalue weighted by molar-refractivity contribution is 5.35. The summed E-state index contributed by atoms with van der Waals surface area (Å²) in [6, 6.07) is 7.27. The fourth-order valence-electron chi connectivity index (χ4n) is 2.76. The molecule has 0 aliphatic carbocycles. The van der Waals surface area contributed by atoms with E-state index in [-0.39, 0.29) is 0 Å². The van der Waals surface area contributed by atoms with Gasteiger partial charge in [0, 0.05) is 6.04 Å². The molecule has 1 fully saturated rings. The third-order valence-corrected chi connectivity index (χ3v) is 4.11. The second kappa shape index (κ2) is 5.01. The number of hydrogen-bond acceptors (Lipinski definition) is 1. The highest BCUT2D eigenvalue weighted by Crippen LogP contribution is 2.31. The Kier molecular flexibility index (Phi) is 3.65. The van der Waals surface area contributed by atoms with Gasteiger partial charge in [-0.3, -0.25) is 0 Å². The smallest absolute Gasteiger partial charge is 0.0325 e. The Balaban J connectivity index is 2.20. The third-order valence-electron chi connectivity index (χ3n) is 4.11. The van der Waals surface area contributed by atoms with Crippen molar-refractivity contribution in [1.82, 2.24) is 5.32 Å². The second-order valence-electron chi connectivity index (χ2n) is 5.09. The molecule has 2 atom stereocenters. The molecule has 1 nitrogen and oxygen atoms in total. The molecule has 2 unspecified atom stereocenters. The van der Waals surface area contributed by atoms with E-state index in [9.17, 15) is 0 Å². The van der Waals surface area contributed by atoms with Gasteiger partial charge >= 0.3 is 0 Å². The van der Waals surface area contributed by atoms with Crippen molar-refractivity contribution in [2.24, 2.45) is 5.92 Å². The number of piperidine rings is 1. The molecule has 1 heteroatoms. The van der Waals surface area contributed by atoms with Crippen LogP contribution < -0.4 is 5.32 Å². The molecule has 0 spiro atoms. The van der Waals surface area contributed by atoms with Crippen LogP contribution in [0.3, 0.4) is 0 Å². The first kappa shape index (κ1) is 11.7. The Morgan fingerprint density at radius 3 is 2.88 bits per heavy atom. The van der Waals surface area contributed by atoms with Crippen LogP contribution in [0, 0.1) is 19.8 Å². The van der Waals surface area contributed by atoms with Crippen LogP contribution in [-0.2, 0) is 0 Å². The minimum absolute atomic E-state index is 0.582. The maximum atomic E-state index is 3.67. The van der Waals surface area contributed by atoms with Gasteiger partial charge in [0.25, 0.3) is 0 Å². The molecule has 2 rings (SSSR count). The fraction of sp³-hybridized carbons (Fsp3) is 0.600. The van der Waals surface area contributed by atoms with E-state index >= 15 is 0 Å². The van der Waals surface area contributed by atoms with Gasteiger partial charge in [-0.2, -0.15) is 0 Å². The second-order valence-corrected chi connectivity index (χ2v) is 5.09. The van der Waals surface area contributed by atoms with Crippen LogP contribution in [0.5, 0.6) is 0 Å². The molecule has 0 bridgehead atoms. The Morgan fingerprint density at radius 1 is 1.31 bits per heavy atom. The van der Waals surface area contributed by atoms with Gasteiger partial charge in [-0.25, -0.2) is 0 Å². The van der Waals surface area contributed by atoms with E-state index in [1.807, 2.05) is 0 Å². The molecule has 88 valence electrons. The van der Waals surface area contributed by atoms with Crippen LogP contribution >= 0.6 is 0 Å². The van der Waals surface area contributed by atoms with Crippen molar-refractivity contribution in [3.8, 4) is 0 Å². The zero-order valence-electron chi connectivity index (χ0n) is 10.7. The van der Waals surface area contributed by atoms with Gasteiger partial charge in [0.05, 0.1) is 0 Å². The average Bonchev–Trinajstić information content (AvgIpc) is 2.33. The molecule has 1 saturated heterocycles. The zero-order valence-corrected chi connectivity index (χ0v) is 10.7. The molecule has 1 aromatic rings. The van der Waals surface area contributed by atoms with Crippen LogP contribution in [0.2, 0.25) is 0 Å². The Bertz CT molecular complexity index is 356. The van der Waals surface area contributed by atoms with Crippen molar-refractivity contribution >= 4 is 0 Å². The van der Waals surface area contributed by atoms with Crippen LogP contribution in [0.1, 0.15) is 48.9 Å². The zero-order chi connectivity index (χ0) is 11.5. The summed E-state index contributed by atoms with van der Waals surface area (Å²) in [7, 11) is 0. The van der Waals surface area contributed by atoms with Crippen molar-refractivity contribution in [2.45, 2.75) is 46.1 Å². The highest BCUT2D eigenvalue weighted by Gasteiger charge is 2.22. The lowest BCUT2D eigenvalue weighted by Crippen LogP contribution is -2.32. The summed E-state index contributed by atoms with van der Waals surface area (Å²) in [5.41, 5.74) is 4.40. The van der Waals surface area contributed by atoms with E-state index in [1.54, 1.807) is 0 Å². The lowest BCUT2D eigenvalue weighted by atomic mass is 9.85. The van der Waals surface area contributed by atoms with Crippen LogP contribution in [-0.4, -0.2) is 6.54 Å². The monoisotopic (exact) mass is 217 g/mol. The maximum absolute atomic E-state index is 3.67. The number of nitrogens with one attached hydrogen (secondary N) is 1. The van der Waals surface area contributed by atoms with E-state index in [0.717, 1.165) is 5.92 Å². The van der Waals surface area contributed by atoms with Gasteiger partial charge < -0.3 is 5.32 Å². The molecule has 0 aromatic heterocycles. The summed E-state index contributed by atoms with van der Waals surface area (Å²) in [4.78, 5) is 0. The standard InChI is InChI=1S/C15H23N/c1-4-13-8-9-16-15(10-13)14-7-5-6-11(2)12(14)3/h5-7,13,15-16H,4,8-10H2,1-3H3. The lowest BCUT2D eigenvalue weighted by Gasteiger charge is -2.31. The first-order chi connectivity index (χ1) is 7.72.